The lowest BCUT2D eigenvalue weighted by Crippen LogP contribution is -2.10. The Morgan fingerprint density at radius 2 is 2.19 bits per heavy atom. The second-order valence-corrected chi connectivity index (χ2v) is 7.17. The molecular weight excluding hydrogens is 411 g/mol. The number of nitrogens with zero attached hydrogens (tertiary/aromatic N) is 5. The number of hydrogen-bond donors (Lipinski definition) is 1. The van der Waals surface area contributed by atoms with Crippen molar-refractivity contribution in [1.82, 2.24) is 19.4 Å². The number of ether oxygens (including phenoxy) is 2. The lowest BCUT2D eigenvalue weighted by Gasteiger charge is -2.14. The predicted octanol–water partition coefficient (Wildman–Crippen LogP) is 3.75. The lowest BCUT2D eigenvalue weighted by molar-refractivity contribution is 0.328. The number of aromatic nitrogens is 4. The third-order valence-corrected chi connectivity index (χ3v) is 5.31. The first kappa shape index (κ1) is 19.8. The highest BCUT2D eigenvalue weighted by molar-refractivity contribution is 5.81. The van der Waals surface area contributed by atoms with Crippen LogP contribution in [0.1, 0.15) is 23.7 Å². The van der Waals surface area contributed by atoms with Gasteiger partial charge < -0.3 is 14.8 Å². The van der Waals surface area contributed by atoms with Crippen LogP contribution in [-0.4, -0.2) is 32.6 Å². The average Bonchev–Trinajstić information content (AvgIpc) is 3.46. The van der Waals surface area contributed by atoms with E-state index in [-0.39, 0.29) is 18.1 Å². The summed E-state index contributed by atoms with van der Waals surface area (Å²) < 4.78 is 27.4. The molecule has 32 heavy (non-hydrogen) atoms. The molecule has 0 atom stereocenters. The summed E-state index contributed by atoms with van der Waals surface area (Å²) in [6.45, 7) is 3.11. The van der Waals surface area contributed by atoms with Crippen molar-refractivity contribution in [2.45, 2.75) is 19.9 Å². The van der Waals surface area contributed by atoms with Crippen LogP contribution in [0.5, 0.6) is 11.6 Å². The molecule has 9 heteroatoms. The zero-order valence-electron chi connectivity index (χ0n) is 17.3. The van der Waals surface area contributed by atoms with Crippen LogP contribution in [-0.2, 0) is 13.0 Å². The minimum absolute atomic E-state index is 0.219. The van der Waals surface area contributed by atoms with E-state index in [2.05, 4.69) is 26.3 Å². The predicted molar refractivity (Wildman–Crippen MR) is 115 cm³/mol. The monoisotopic (exact) mass is 430 g/mol. The Morgan fingerprint density at radius 1 is 1.28 bits per heavy atom. The molecule has 3 aromatic heterocycles. The second-order valence-electron chi connectivity index (χ2n) is 7.17. The Kier molecular flexibility index (Phi) is 5.03. The number of benzene rings is 1. The van der Waals surface area contributed by atoms with Gasteiger partial charge in [0.25, 0.3) is 0 Å². The van der Waals surface area contributed by atoms with Crippen molar-refractivity contribution in [3.05, 3.63) is 65.5 Å². The SMILES string of the molecule is CCOc1ncccc1-c1cnc(NCc2c(F)ccc3c2CCO3)n2cc(C#N)nc12. The molecule has 0 fully saturated rings. The number of nitriles is 1. The van der Waals surface area contributed by atoms with Gasteiger partial charge >= 0.3 is 0 Å². The zero-order valence-corrected chi connectivity index (χ0v) is 17.3. The van der Waals surface area contributed by atoms with Crippen LogP contribution in [0.25, 0.3) is 16.8 Å². The number of rotatable bonds is 6. The lowest BCUT2D eigenvalue weighted by atomic mass is 10.0. The van der Waals surface area contributed by atoms with Crippen LogP contribution in [0.3, 0.4) is 0 Å². The standard InChI is InChI=1S/C23H19FN6O2/c1-2-31-22-16(4-3-8-26-22)18-12-28-23(30-13-14(10-25)29-21(18)30)27-11-17-15-7-9-32-20(15)6-5-19(17)24/h3-6,8,12-13H,2,7,9,11H2,1H3,(H,27,28). The first-order valence-electron chi connectivity index (χ1n) is 10.2. The Morgan fingerprint density at radius 3 is 3.03 bits per heavy atom. The summed E-state index contributed by atoms with van der Waals surface area (Å²) in [5.74, 6) is 1.32. The van der Waals surface area contributed by atoms with Gasteiger partial charge in [0.1, 0.15) is 17.6 Å². The molecule has 0 saturated carbocycles. The number of pyridine rings is 1. The minimum Gasteiger partial charge on any atom is -0.493 e. The molecule has 0 amide bonds. The largest absolute Gasteiger partial charge is 0.493 e. The Balaban J connectivity index is 1.56. The quantitative estimate of drug-likeness (QED) is 0.498. The van der Waals surface area contributed by atoms with E-state index in [4.69, 9.17) is 9.47 Å². The third-order valence-electron chi connectivity index (χ3n) is 5.31. The summed E-state index contributed by atoms with van der Waals surface area (Å²) in [6.07, 6.45) is 5.56. The molecular formula is C23H19FN6O2. The maximum absolute atomic E-state index is 14.5. The molecule has 0 spiro atoms. The summed E-state index contributed by atoms with van der Waals surface area (Å²) in [7, 11) is 0. The third kappa shape index (κ3) is 3.36. The van der Waals surface area contributed by atoms with E-state index >= 15 is 0 Å². The van der Waals surface area contributed by atoms with Crippen LogP contribution in [0.15, 0.2) is 42.9 Å². The molecule has 4 aromatic rings. The fourth-order valence-electron chi connectivity index (χ4n) is 3.87. The highest BCUT2D eigenvalue weighted by atomic mass is 19.1. The zero-order chi connectivity index (χ0) is 22.1. The second kappa shape index (κ2) is 8.15. The summed E-state index contributed by atoms with van der Waals surface area (Å²) in [5.41, 5.74) is 3.57. The van der Waals surface area contributed by atoms with Crippen molar-refractivity contribution in [1.29, 1.82) is 5.26 Å². The molecule has 160 valence electrons. The molecule has 1 aromatic carbocycles. The van der Waals surface area contributed by atoms with Gasteiger partial charge in [-0.3, -0.25) is 4.40 Å². The fourth-order valence-corrected chi connectivity index (χ4v) is 3.87. The van der Waals surface area contributed by atoms with E-state index < -0.39 is 0 Å². The maximum Gasteiger partial charge on any atom is 0.221 e. The van der Waals surface area contributed by atoms with Gasteiger partial charge in [-0.2, -0.15) is 5.26 Å². The molecule has 0 bridgehead atoms. The Bertz CT molecular complexity index is 1360. The molecule has 1 N–H and O–H groups in total. The van der Waals surface area contributed by atoms with Gasteiger partial charge in [0.05, 0.1) is 19.4 Å². The average molecular weight is 430 g/mol. The van der Waals surface area contributed by atoms with E-state index in [1.807, 2.05) is 13.0 Å². The van der Waals surface area contributed by atoms with Crippen molar-refractivity contribution >= 4 is 11.6 Å². The minimum atomic E-state index is -0.297. The summed E-state index contributed by atoms with van der Waals surface area (Å²) in [6, 6.07) is 8.81. The first-order chi connectivity index (χ1) is 15.7. The van der Waals surface area contributed by atoms with Crippen LogP contribution < -0.4 is 14.8 Å². The number of hydrogen-bond acceptors (Lipinski definition) is 7. The summed E-state index contributed by atoms with van der Waals surface area (Å²) >= 11 is 0. The van der Waals surface area contributed by atoms with Gasteiger partial charge in [0, 0.05) is 47.6 Å². The number of halogens is 1. The number of fused-ring (bicyclic) bond motifs is 2. The molecule has 0 aliphatic carbocycles. The van der Waals surface area contributed by atoms with Gasteiger partial charge in [-0.1, -0.05) is 0 Å². The summed E-state index contributed by atoms with van der Waals surface area (Å²) in [5, 5.41) is 12.6. The van der Waals surface area contributed by atoms with Crippen molar-refractivity contribution in [2.24, 2.45) is 0 Å². The smallest absolute Gasteiger partial charge is 0.221 e. The van der Waals surface area contributed by atoms with Crippen LogP contribution in [0, 0.1) is 17.1 Å². The molecule has 0 saturated heterocycles. The van der Waals surface area contributed by atoms with Crippen molar-refractivity contribution in [3.8, 4) is 28.8 Å². The Hall–Kier alpha value is -4.19. The molecule has 0 radical (unpaired) electrons. The molecule has 1 aliphatic heterocycles. The van der Waals surface area contributed by atoms with Crippen molar-refractivity contribution in [3.63, 3.8) is 0 Å². The van der Waals surface area contributed by atoms with Gasteiger partial charge in [0.2, 0.25) is 11.8 Å². The topological polar surface area (TPSA) is 97.4 Å². The van der Waals surface area contributed by atoms with Crippen LogP contribution in [0.2, 0.25) is 0 Å². The fraction of sp³-hybridized carbons (Fsp3) is 0.217. The normalized spacial score (nSPS) is 12.3. The number of imidazole rings is 1. The number of anilines is 1. The molecule has 1 aliphatic rings. The van der Waals surface area contributed by atoms with Crippen LogP contribution in [0.4, 0.5) is 10.3 Å². The first-order valence-corrected chi connectivity index (χ1v) is 10.2. The summed E-state index contributed by atoms with van der Waals surface area (Å²) in [4.78, 5) is 13.3. The highest BCUT2D eigenvalue weighted by Crippen LogP contribution is 2.33. The number of nitrogens with one attached hydrogen (secondary N) is 1. The van der Waals surface area contributed by atoms with E-state index in [1.54, 1.807) is 35.1 Å². The van der Waals surface area contributed by atoms with Gasteiger partial charge in [-0.05, 0) is 31.2 Å². The van der Waals surface area contributed by atoms with Gasteiger partial charge in [-0.15, -0.1) is 0 Å². The van der Waals surface area contributed by atoms with Crippen molar-refractivity contribution < 1.29 is 13.9 Å². The highest BCUT2D eigenvalue weighted by Gasteiger charge is 2.21. The van der Waals surface area contributed by atoms with Crippen molar-refractivity contribution in [2.75, 3.05) is 18.5 Å². The van der Waals surface area contributed by atoms with E-state index in [1.165, 1.54) is 6.07 Å². The van der Waals surface area contributed by atoms with E-state index in [9.17, 15) is 9.65 Å². The molecule has 4 heterocycles. The molecule has 8 nitrogen and oxygen atoms in total. The molecule has 0 unspecified atom stereocenters. The van der Waals surface area contributed by atoms with E-state index in [0.717, 1.165) is 11.1 Å². The van der Waals surface area contributed by atoms with E-state index in [0.29, 0.717) is 54.0 Å². The Labute approximate surface area is 183 Å². The van der Waals surface area contributed by atoms with Gasteiger partial charge in [0.15, 0.2) is 11.3 Å². The van der Waals surface area contributed by atoms with Crippen LogP contribution >= 0.6 is 0 Å². The van der Waals surface area contributed by atoms with Gasteiger partial charge in [-0.25, -0.2) is 19.3 Å². The maximum atomic E-state index is 14.5. The molecule has 5 rings (SSSR count).